The zero-order valence-corrected chi connectivity index (χ0v) is 13.3. The number of rotatable bonds is 4. The van der Waals surface area contributed by atoms with Gasteiger partial charge in [-0.25, -0.2) is 4.39 Å². The van der Waals surface area contributed by atoms with Gasteiger partial charge in [0.1, 0.15) is 17.7 Å². The first-order chi connectivity index (χ1) is 10.1. The van der Waals surface area contributed by atoms with E-state index in [9.17, 15) is 4.39 Å². The summed E-state index contributed by atoms with van der Waals surface area (Å²) in [5.41, 5.74) is 6.93. The van der Waals surface area contributed by atoms with Crippen LogP contribution in [0.1, 0.15) is 18.4 Å². The van der Waals surface area contributed by atoms with Gasteiger partial charge in [-0.3, -0.25) is 4.90 Å². The first-order valence-corrected chi connectivity index (χ1v) is 8.79. The van der Waals surface area contributed by atoms with Crippen LogP contribution in [0.4, 0.5) is 4.39 Å². The number of nitrogens with zero attached hydrogens (tertiary/aromatic N) is 1. The second-order valence-electron chi connectivity index (χ2n) is 6.09. The van der Waals surface area contributed by atoms with E-state index in [-0.39, 0.29) is 16.7 Å². The molecule has 116 valence electrons. The van der Waals surface area contributed by atoms with Crippen LogP contribution < -0.4 is 10.5 Å². The molecule has 1 fully saturated rings. The van der Waals surface area contributed by atoms with E-state index in [1.54, 1.807) is 12.1 Å². The van der Waals surface area contributed by atoms with E-state index < -0.39 is 0 Å². The maximum atomic E-state index is 13.2. The van der Waals surface area contributed by atoms with Crippen LogP contribution in [0.2, 0.25) is 0 Å². The number of fused-ring (bicyclic) bond motifs is 1. The zero-order valence-electron chi connectivity index (χ0n) is 12.5. The van der Waals surface area contributed by atoms with Crippen LogP contribution in [0.5, 0.6) is 5.75 Å². The molecule has 1 saturated heterocycles. The molecule has 1 aromatic carbocycles. The minimum Gasteiger partial charge on any atom is -0.488 e. The van der Waals surface area contributed by atoms with Gasteiger partial charge in [0, 0.05) is 29.8 Å². The molecular formula is C16H23FN2OS. The predicted octanol–water partition coefficient (Wildman–Crippen LogP) is 2.29. The molecule has 0 radical (unpaired) electrons. The predicted molar refractivity (Wildman–Crippen MR) is 85.5 cm³/mol. The molecule has 0 bridgehead atoms. The lowest BCUT2D eigenvalue weighted by Gasteiger charge is -2.40. The molecule has 21 heavy (non-hydrogen) atoms. The molecule has 1 atom stereocenters. The molecule has 2 aliphatic rings. The first kappa shape index (κ1) is 15.1. The molecule has 2 aliphatic heterocycles. The summed E-state index contributed by atoms with van der Waals surface area (Å²) in [6.45, 7) is 3.82. The summed E-state index contributed by atoms with van der Waals surface area (Å²) in [5.74, 6) is 0.669. The average molecular weight is 310 g/mol. The van der Waals surface area contributed by atoms with Crippen LogP contribution in [-0.2, 0) is 6.42 Å². The maximum Gasteiger partial charge on any atom is 0.123 e. The Morgan fingerprint density at radius 2 is 2.19 bits per heavy atom. The fourth-order valence-electron chi connectivity index (χ4n) is 3.31. The Morgan fingerprint density at radius 3 is 2.86 bits per heavy atom. The van der Waals surface area contributed by atoms with Crippen LogP contribution in [0.3, 0.4) is 0 Å². The summed E-state index contributed by atoms with van der Waals surface area (Å²) in [7, 11) is 0. The number of likely N-dealkylation sites (tertiary alicyclic amines) is 1. The van der Waals surface area contributed by atoms with Gasteiger partial charge < -0.3 is 10.5 Å². The third kappa shape index (κ3) is 3.20. The Bertz CT molecular complexity index is 497. The largest absolute Gasteiger partial charge is 0.488 e. The number of nitrogens with two attached hydrogens (primary N) is 1. The van der Waals surface area contributed by atoms with Crippen molar-refractivity contribution in [1.29, 1.82) is 0 Å². The number of hydrogen-bond donors (Lipinski definition) is 1. The van der Waals surface area contributed by atoms with E-state index in [1.165, 1.54) is 6.07 Å². The average Bonchev–Trinajstić information content (AvgIpc) is 2.90. The molecule has 5 heteroatoms. The van der Waals surface area contributed by atoms with E-state index in [1.807, 2.05) is 11.8 Å². The molecule has 0 aromatic heterocycles. The van der Waals surface area contributed by atoms with Gasteiger partial charge in [0.2, 0.25) is 0 Å². The Kier molecular flexibility index (Phi) is 4.43. The van der Waals surface area contributed by atoms with Gasteiger partial charge in [0.15, 0.2) is 0 Å². The second kappa shape index (κ2) is 6.15. The van der Waals surface area contributed by atoms with Crippen molar-refractivity contribution < 1.29 is 9.13 Å². The highest BCUT2D eigenvalue weighted by molar-refractivity contribution is 8.00. The Balaban J connectivity index is 1.54. The molecular weight excluding hydrogens is 287 g/mol. The fraction of sp³-hybridized carbons (Fsp3) is 0.625. The SMILES string of the molecule is CSC1(CN)CCN(CC2Cc3cc(F)ccc3O2)CC1. The molecule has 0 saturated carbocycles. The lowest BCUT2D eigenvalue weighted by atomic mass is 9.95. The number of thioether (sulfide) groups is 1. The number of piperidine rings is 1. The van der Waals surface area contributed by atoms with E-state index >= 15 is 0 Å². The molecule has 3 rings (SSSR count). The van der Waals surface area contributed by atoms with Gasteiger partial charge in [0.25, 0.3) is 0 Å². The number of benzene rings is 1. The summed E-state index contributed by atoms with van der Waals surface area (Å²) in [4.78, 5) is 2.46. The number of hydrogen-bond acceptors (Lipinski definition) is 4. The van der Waals surface area contributed by atoms with Crippen molar-refractivity contribution in [3.63, 3.8) is 0 Å². The van der Waals surface area contributed by atoms with Crippen molar-refractivity contribution in [2.45, 2.75) is 30.1 Å². The van der Waals surface area contributed by atoms with E-state index in [0.29, 0.717) is 0 Å². The molecule has 0 spiro atoms. The Morgan fingerprint density at radius 1 is 1.43 bits per heavy atom. The molecule has 1 unspecified atom stereocenters. The van der Waals surface area contributed by atoms with Crippen LogP contribution >= 0.6 is 11.8 Å². The van der Waals surface area contributed by atoms with E-state index in [4.69, 9.17) is 10.5 Å². The quantitative estimate of drug-likeness (QED) is 0.926. The van der Waals surface area contributed by atoms with Crippen molar-refractivity contribution in [2.75, 3.05) is 32.4 Å². The Labute approximate surface area is 130 Å². The van der Waals surface area contributed by atoms with E-state index in [2.05, 4.69) is 11.2 Å². The van der Waals surface area contributed by atoms with E-state index in [0.717, 1.165) is 56.8 Å². The van der Waals surface area contributed by atoms with Gasteiger partial charge in [-0.05, 0) is 50.4 Å². The van der Waals surface area contributed by atoms with Crippen molar-refractivity contribution >= 4 is 11.8 Å². The summed E-state index contributed by atoms with van der Waals surface area (Å²) >= 11 is 1.90. The van der Waals surface area contributed by atoms with Gasteiger partial charge in [-0.15, -0.1) is 0 Å². The summed E-state index contributed by atoms with van der Waals surface area (Å²) in [6.07, 6.45) is 5.40. The monoisotopic (exact) mass is 310 g/mol. The van der Waals surface area contributed by atoms with Crippen molar-refractivity contribution in [1.82, 2.24) is 4.90 Å². The zero-order chi connectivity index (χ0) is 14.9. The van der Waals surface area contributed by atoms with Gasteiger partial charge >= 0.3 is 0 Å². The first-order valence-electron chi connectivity index (χ1n) is 7.57. The summed E-state index contributed by atoms with van der Waals surface area (Å²) < 4.78 is 19.4. The molecule has 0 aliphatic carbocycles. The van der Waals surface area contributed by atoms with Gasteiger partial charge in [0.05, 0.1) is 0 Å². The van der Waals surface area contributed by atoms with Crippen molar-refractivity contribution in [2.24, 2.45) is 5.73 Å². The van der Waals surface area contributed by atoms with Crippen LogP contribution in [-0.4, -0.2) is 48.2 Å². The summed E-state index contributed by atoms with van der Waals surface area (Å²) in [6, 6.07) is 4.81. The van der Waals surface area contributed by atoms with Gasteiger partial charge in [-0.2, -0.15) is 11.8 Å². The van der Waals surface area contributed by atoms with Gasteiger partial charge in [-0.1, -0.05) is 0 Å². The topological polar surface area (TPSA) is 38.5 Å². The highest BCUT2D eigenvalue weighted by atomic mass is 32.2. The lowest BCUT2D eigenvalue weighted by molar-refractivity contribution is 0.124. The molecule has 2 heterocycles. The Hall–Kier alpha value is -0.780. The van der Waals surface area contributed by atoms with Crippen LogP contribution in [0.25, 0.3) is 0 Å². The number of halogens is 1. The molecule has 1 aromatic rings. The normalized spacial score (nSPS) is 24.6. The van der Waals surface area contributed by atoms with Crippen LogP contribution in [0, 0.1) is 5.82 Å². The third-order valence-corrected chi connectivity index (χ3v) is 6.24. The molecule has 3 nitrogen and oxygen atoms in total. The fourth-order valence-corrected chi connectivity index (χ4v) is 4.07. The standard InChI is InChI=1S/C16H23FN2OS/c1-21-16(11-18)4-6-19(7-5-16)10-14-9-12-8-13(17)2-3-15(12)20-14/h2-3,8,14H,4-7,9-11,18H2,1H3. The third-order valence-electron chi connectivity index (χ3n) is 4.80. The highest BCUT2D eigenvalue weighted by Crippen LogP contribution is 2.34. The maximum absolute atomic E-state index is 13.2. The minimum absolute atomic E-state index is 0.154. The molecule has 0 amide bonds. The van der Waals surface area contributed by atoms with Crippen molar-refractivity contribution in [3.8, 4) is 5.75 Å². The smallest absolute Gasteiger partial charge is 0.123 e. The second-order valence-corrected chi connectivity index (χ2v) is 7.36. The minimum atomic E-state index is -0.177. The molecule has 2 N–H and O–H groups in total. The van der Waals surface area contributed by atoms with Crippen LogP contribution in [0.15, 0.2) is 18.2 Å². The highest BCUT2D eigenvalue weighted by Gasteiger charge is 2.34. The summed E-state index contributed by atoms with van der Waals surface area (Å²) in [5, 5.41) is 0. The van der Waals surface area contributed by atoms with Crippen molar-refractivity contribution in [3.05, 3.63) is 29.6 Å². The number of ether oxygens (including phenoxy) is 1. The lowest BCUT2D eigenvalue weighted by Crippen LogP contribution is -2.48.